The zero-order valence-electron chi connectivity index (χ0n) is 15.2. The third-order valence-electron chi connectivity index (χ3n) is 4.25. The molecule has 1 amide bonds. The van der Waals surface area contributed by atoms with Gasteiger partial charge in [-0.2, -0.15) is 5.10 Å². The van der Waals surface area contributed by atoms with E-state index in [1.807, 2.05) is 24.1 Å². The van der Waals surface area contributed by atoms with Crippen molar-refractivity contribution in [1.82, 2.24) is 0 Å². The molecule has 6 nitrogen and oxygen atoms in total. The Labute approximate surface area is 162 Å². The maximum atomic E-state index is 12.1. The molecule has 0 aliphatic carbocycles. The topological polar surface area (TPSA) is 71.0 Å². The first-order chi connectivity index (χ1) is 12.9. The van der Waals surface area contributed by atoms with Gasteiger partial charge in [0, 0.05) is 29.4 Å². The van der Waals surface area contributed by atoms with Crippen molar-refractivity contribution in [3.05, 3.63) is 58.6 Å². The second-order valence-electron chi connectivity index (χ2n) is 6.29. The number of carbonyl (C=O) groups excluding carboxylic acids is 2. The molecule has 140 valence electrons. The van der Waals surface area contributed by atoms with Crippen LogP contribution >= 0.6 is 11.6 Å². The van der Waals surface area contributed by atoms with Gasteiger partial charge in [0.2, 0.25) is 0 Å². The minimum absolute atomic E-state index is 0.373. The smallest absolute Gasteiger partial charge is 0.338 e. The molecule has 0 spiro atoms. The van der Waals surface area contributed by atoms with E-state index in [0.717, 1.165) is 29.9 Å². The minimum Gasteiger partial charge on any atom is -0.452 e. The number of hydrogen-bond donors (Lipinski definition) is 1. The number of hydrogen-bond acceptors (Lipinski definition) is 5. The third-order valence-corrected chi connectivity index (χ3v) is 4.66. The number of anilines is 2. The fourth-order valence-electron chi connectivity index (χ4n) is 2.67. The predicted octanol–water partition coefficient (Wildman–Crippen LogP) is 4.03. The van der Waals surface area contributed by atoms with Crippen LogP contribution in [0, 0.1) is 6.92 Å². The van der Waals surface area contributed by atoms with E-state index >= 15 is 0 Å². The Morgan fingerprint density at radius 1 is 1.19 bits per heavy atom. The average Bonchev–Trinajstić information content (AvgIpc) is 3.10. The summed E-state index contributed by atoms with van der Waals surface area (Å²) in [5.74, 6) is -0.979. The third kappa shape index (κ3) is 4.65. The Hall–Kier alpha value is -2.86. The molecule has 1 heterocycles. The van der Waals surface area contributed by atoms with Gasteiger partial charge in [-0.25, -0.2) is 4.79 Å². The number of nitrogens with one attached hydrogen (secondary N) is 1. The van der Waals surface area contributed by atoms with Gasteiger partial charge in [-0.15, -0.1) is 0 Å². The number of nitrogens with zero attached hydrogens (tertiary/aromatic N) is 2. The van der Waals surface area contributed by atoms with Crippen molar-refractivity contribution in [2.75, 3.05) is 23.5 Å². The quantitative estimate of drug-likeness (QED) is 0.789. The fourth-order valence-corrected chi connectivity index (χ4v) is 2.85. The van der Waals surface area contributed by atoms with Gasteiger partial charge in [0.1, 0.15) is 0 Å². The summed E-state index contributed by atoms with van der Waals surface area (Å²) in [5.41, 5.74) is 3.73. The average molecular weight is 386 g/mol. The Balaban J connectivity index is 1.54. The number of ether oxygens (including phenoxy) is 1. The van der Waals surface area contributed by atoms with Crippen LogP contribution in [0.3, 0.4) is 0 Å². The number of amides is 1. The van der Waals surface area contributed by atoms with Crippen LogP contribution < -0.4 is 10.3 Å². The normalized spacial score (nSPS) is 13.3. The summed E-state index contributed by atoms with van der Waals surface area (Å²) < 4.78 is 5.09. The highest BCUT2D eigenvalue weighted by Gasteiger charge is 2.15. The van der Waals surface area contributed by atoms with E-state index in [2.05, 4.69) is 10.4 Å². The highest BCUT2D eigenvalue weighted by molar-refractivity contribution is 6.31. The second kappa shape index (κ2) is 8.22. The molecule has 0 aromatic heterocycles. The van der Waals surface area contributed by atoms with E-state index in [0.29, 0.717) is 16.3 Å². The molecule has 0 fully saturated rings. The molecular weight excluding hydrogens is 366 g/mol. The molecule has 7 heteroatoms. The molecule has 1 N–H and O–H groups in total. The number of benzene rings is 2. The lowest BCUT2D eigenvalue weighted by atomic mass is 10.2. The molecule has 27 heavy (non-hydrogen) atoms. The summed E-state index contributed by atoms with van der Waals surface area (Å²) in [6, 6.07) is 12.2. The largest absolute Gasteiger partial charge is 0.452 e. The number of rotatable bonds is 5. The summed E-state index contributed by atoms with van der Waals surface area (Å²) in [5, 5.41) is 9.56. The lowest BCUT2D eigenvalue weighted by Crippen LogP contribution is -2.21. The SMILES string of the molecule is CC1=NN(c2ccc(C(=O)OCC(=O)Nc3cccc(Cl)c3C)cc2)CC1. The predicted molar refractivity (Wildman–Crippen MR) is 107 cm³/mol. The first-order valence-corrected chi connectivity index (χ1v) is 8.95. The zero-order valence-corrected chi connectivity index (χ0v) is 15.9. The van der Waals surface area contributed by atoms with E-state index < -0.39 is 11.9 Å². The van der Waals surface area contributed by atoms with E-state index in [1.165, 1.54) is 0 Å². The molecule has 0 bridgehead atoms. The first kappa shape index (κ1) is 18.9. The van der Waals surface area contributed by atoms with Crippen LogP contribution in [-0.2, 0) is 9.53 Å². The van der Waals surface area contributed by atoms with Crippen molar-refractivity contribution in [3.63, 3.8) is 0 Å². The van der Waals surface area contributed by atoms with Gasteiger partial charge in [0.05, 0.1) is 11.3 Å². The summed E-state index contributed by atoms with van der Waals surface area (Å²) in [4.78, 5) is 24.2. The second-order valence-corrected chi connectivity index (χ2v) is 6.70. The summed E-state index contributed by atoms with van der Waals surface area (Å²) in [6.07, 6.45) is 0.936. The first-order valence-electron chi connectivity index (χ1n) is 8.58. The molecule has 0 saturated carbocycles. The monoisotopic (exact) mass is 385 g/mol. The molecule has 1 aliphatic rings. The van der Waals surface area contributed by atoms with Gasteiger partial charge in [-0.3, -0.25) is 9.80 Å². The highest BCUT2D eigenvalue weighted by Crippen LogP contribution is 2.23. The van der Waals surface area contributed by atoms with Crippen molar-refractivity contribution in [1.29, 1.82) is 0 Å². The Morgan fingerprint density at radius 2 is 1.93 bits per heavy atom. The van der Waals surface area contributed by atoms with Crippen molar-refractivity contribution in [3.8, 4) is 0 Å². The number of carbonyl (C=O) groups is 2. The Bertz CT molecular complexity index is 894. The molecule has 0 radical (unpaired) electrons. The van der Waals surface area contributed by atoms with Crippen LogP contribution in [0.2, 0.25) is 5.02 Å². The summed E-state index contributed by atoms with van der Waals surface area (Å²) in [6.45, 7) is 4.25. The van der Waals surface area contributed by atoms with Crippen LogP contribution in [0.1, 0.15) is 29.3 Å². The molecule has 0 unspecified atom stereocenters. The molecular formula is C20H20ClN3O3. The lowest BCUT2D eigenvalue weighted by molar-refractivity contribution is -0.119. The highest BCUT2D eigenvalue weighted by atomic mass is 35.5. The van der Waals surface area contributed by atoms with Gasteiger partial charge >= 0.3 is 5.97 Å². The van der Waals surface area contributed by atoms with Crippen LogP contribution in [-0.4, -0.2) is 30.7 Å². The molecule has 2 aromatic carbocycles. The van der Waals surface area contributed by atoms with Gasteiger partial charge in [0.15, 0.2) is 6.61 Å². The Kier molecular flexibility index (Phi) is 5.76. The van der Waals surface area contributed by atoms with Gasteiger partial charge in [0.25, 0.3) is 5.91 Å². The molecule has 0 atom stereocenters. The van der Waals surface area contributed by atoms with Crippen molar-refractivity contribution < 1.29 is 14.3 Å². The molecule has 3 rings (SSSR count). The van der Waals surface area contributed by atoms with Crippen LogP contribution in [0.5, 0.6) is 0 Å². The number of esters is 1. The summed E-state index contributed by atoms with van der Waals surface area (Å²) in [7, 11) is 0. The van der Waals surface area contributed by atoms with E-state index in [4.69, 9.17) is 16.3 Å². The molecule has 0 saturated heterocycles. The van der Waals surface area contributed by atoms with Gasteiger partial charge in [-0.1, -0.05) is 17.7 Å². The van der Waals surface area contributed by atoms with Crippen molar-refractivity contribution in [2.45, 2.75) is 20.3 Å². The maximum Gasteiger partial charge on any atom is 0.338 e. The van der Waals surface area contributed by atoms with Gasteiger partial charge < -0.3 is 10.1 Å². The van der Waals surface area contributed by atoms with E-state index in [9.17, 15) is 9.59 Å². The molecule has 1 aliphatic heterocycles. The van der Waals surface area contributed by atoms with Crippen LogP contribution in [0.25, 0.3) is 0 Å². The number of halogens is 1. The fraction of sp³-hybridized carbons (Fsp3) is 0.250. The van der Waals surface area contributed by atoms with Crippen LogP contribution in [0.15, 0.2) is 47.6 Å². The Morgan fingerprint density at radius 3 is 2.59 bits per heavy atom. The van der Waals surface area contributed by atoms with E-state index in [1.54, 1.807) is 37.3 Å². The minimum atomic E-state index is -0.555. The maximum absolute atomic E-state index is 12.1. The summed E-state index contributed by atoms with van der Waals surface area (Å²) >= 11 is 6.02. The van der Waals surface area contributed by atoms with Crippen molar-refractivity contribution in [2.24, 2.45) is 5.10 Å². The van der Waals surface area contributed by atoms with E-state index in [-0.39, 0.29) is 6.61 Å². The number of hydrazone groups is 1. The zero-order chi connectivity index (χ0) is 19.4. The van der Waals surface area contributed by atoms with Gasteiger partial charge in [-0.05, 0) is 55.8 Å². The molecule has 2 aromatic rings. The standard InChI is InChI=1S/C20H20ClN3O3/c1-13-10-11-24(23-13)16-8-6-15(7-9-16)20(26)27-12-19(25)22-18-5-3-4-17(21)14(18)2/h3-9H,10-12H2,1-2H3,(H,22,25). The lowest BCUT2D eigenvalue weighted by Gasteiger charge is -2.14. The van der Waals surface area contributed by atoms with Crippen molar-refractivity contribution >= 4 is 40.6 Å². The van der Waals surface area contributed by atoms with Crippen LogP contribution in [0.4, 0.5) is 11.4 Å².